The Kier molecular flexibility index (Phi) is 4.89. The van der Waals surface area contributed by atoms with E-state index in [0.717, 1.165) is 55.5 Å². The summed E-state index contributed by atoms with van der Waals surface area (Å²) in [4.78, 5) is 11.8. The number of nitrogens with zero attached hydrogens (tertiary/aromatic N) is 5. The minimum Gasteiger partial charge on any atom is -0.365 e. The average Bonchev–Trinajstić information content (AvgIpc) is 3.11. The largest absolute Gasteiger partial charge is 0.365 e. The zero-order valence-corrected chi connectivity index (χ0v) is 16.3. The third-order valence-electron chi connectivity index (χ3n) is 5.58. The van der Waals surface area contributed by atoms with Crippen LogP contribution in [0.25, 0.3) is 0 Å². The number of anilines is 3. The monoisotopic (exact) mass is 361 g/mol. The summed E-state index contributed by atoms with van der Waals surface area (Å²) in [5.41, 5.74) is 4.34. The Morgan fingerprint density at radius 3 is 2.48 bits per heavy atom. The van der Waals surface area contributed by atoms with E-state index in [-0.39, 0.29) is 0 Å². The number of piperidine rings is 1. The molecular formula is C22H27N5. The van der Waals surface area contributed by atoms with Gasteiger partial charge in [0.05, 0.1) is 5.69 Å². The number of aromatic nitrogens is 1. The van der Waals surface area contributed by atoms with Crippen LogP contribution in [0.2, 0.25) is 0 Å². The molecule has 0 spiro atoms. The molecule has 0 aliphatic carbocycles. The topological polar surface area (TPSA) is 46.4 Å². The Balaban J connectivity index is 1.80. The predicted octanol–water partition coefficient (Wildman–Crippen LogP) is 3.57. The summed E-state index contributed by atoms with van der Waals surface area (Å²) in [6.07, 6.45) is 4.56. The van der Waals surface area contributed by atoms with Crippen molar-refractivity contribution in [3.63, 3.8) is 0 Å². The summed E-state index contributed by atoms with van der Waals surface area (Å²) < 4.78 is 0. The molecular weight excluding hydrogens is 334 g/mol. The smallest absolute Gasteiger partial charge is 0.151 e. The van der Waals surface area contributed by atoms with E-state index in [1.54, 1.807) is 0 Å². The van der Waals surface area contributed by atoms with Crippen LogP contribution >= 0.6 is 0 Å². The van der Waals surface area contributed by atoms with Gasteiger partial charge in [-0.3, -0.25) is 0 Å². The molecule has 0 N–H and O–H groups in total. The van der Waals surface area contributed by atoms with E-state index in [9.17, 15) is 5.26 Å². The molecule has 5 heteroatoms. The quantitative estimate of drug-likeness (QED) is 0.833. The molecule has 1 aromatic carbocycles. The lowest BCUT2D eigenvalue weighted by atomic mass is 10.1. The van der Waals surface area contributed by atoms with Gasteiger partial charge < -0.3 is 14.7 Å². The summed E-state index contributed by atoms with van der Waals surface area (Å²) in [5, 5.41) is 10.1. The number of pyridine rings is 1. The molecule has 0 amide bonds. The van der Waals surface area contributed by atoms with Crippen LogP contribution in [0.4, 0.5) is 17.3 Å². The van der Waals surface area contributed by atoms with Gasteiger partial charge in [-0.2, -0.15) is 5.26 Å². The summed E-state index contributed by atoms with van der Waals surface area (Å²) >= 11 is 0. The summed E-state index contributed by atoms with van der Waals surface area (Å²) in [5.74, 6) is 1.89. The van der Waals surface area contributed by atoms with Gasteiger partial charge >= 0.3 is 0 Å². The van der Waals surface area contributed by atoms with Crippen LogP contribution in [0.15, 0.2) is 30.3 Å². The van der Waals surface area contributed by atoms with E-state index >= 15 is 0 Å². The van der Waals surface area contributed by atoms with Crippen molar-refractivity contribution in [3.8, 4) is 6.07 Å². The third kappa shape index (κ3) is 3.32. The minimum absolute atomic E-state index is 0.755. The fourth-order valence-corrected chi connectivity index (χ4v) is 4.29. The number of fused-ring (bicyclic) bond motifs is 1. The minimum atomic E-state index is 0.755. The molecule has 2 aliphatic rings. The normalized spacial score (nSPS) is 16.2. The van der Waals surface area contributed by atoms with Crippen molar-refractivity contribution in [2.45, 2.75) is 32.2 Å². The van der Waals surface area contributed by atoms with Gasteiger partial charge in [-0.05, 0) is 31.2 Å². The van der Waals surface area contributed by atoms with Gasteiger partial charge in [-0.25, -0.2) is 4.98 Å². The number of nitriles is 1. The molecule has 3 heterocycles. The summed E-state index contributed by atoms with van der Waals surface area (Å²) in [6.45, 7) is 3.75. The van der Waals surface area contributed by atoms with E-state index in [1.807, 2.05) is 6.07 Å². The van der Waals surface area contributed by atoms with Gasteiger partial charge in [0.2, 0.25) is 0 Å². The van der Waals surface area contributed by atoms with Crippen molar-refractivity contribution >= 4 is 17.3 Å². The molecule has 0 atom stereocenters. The van der Waals surface area contributed by atoms with Crippen LogP contribution in [-0.4, -0.2) is 38.7 Å². The van der Waals surface area contributed by atoms with Gasteiger partial charge in [0.1, 0.15) is 17.5 Å². The lowest BCUT2D eigenvalue weighted by molar-refractivity contribution is 0.573. The molecule has 4 rings (SSSR count). The molecule has 140 valence electrons. The van der Waals surface area contributed by atoms with Crippen molar-refractivity contribution in [2.75, 3.05) is 48.4 Å². The van der Waals surface area contributed by atoms with E-state index in [1.165, 1.54) is 30.4 Å². The van der Waals surface area contributed by atoms with E-state index in [2.05, 4.69) is 59.1 Å². The van der Waals surface area contributed by atoms with E-state index in [4.69, 9.17) is 4.98 Å². The Labute approximate surface area is 161 Å². The highest BCUT2D eigenvalue weighted by atomic mass is 15.3. The van der Waals surface area contributed by atoms with Crippen LogP contribution < -0.4 is 14.7 Å². The Bertz CT molecular complexity index is 847. The van der Waals surface area contributed by atoms with Gasteiger partial charge in [0.25, 0.3) is 0 Å². The molecule has 5 nitrogen and oxygen atoms in total. The van der Waals surface area contributed by atoms with Crippen LogP contribution in [0, 0.1) is 11.3 Å². The second-order valence-electron chi connectivity index (χ2n) is 7.67. The van der Waals surface area contributed by atoms with Crippen LogP contribution in [0.1, 0.15) is 36.0 Å². The van der Waals surface area contributed by atoms with Crippen molar-refractivity contribution in [2.24, 2.45) is 0 Å². The number of hydrogen-bond acceptors (Lipinski definition) is 5. The number of rotatable bonds is 4. The van der Waals surface area contributed by atoms with Gasteiger partial charge in [-0.15, -0.1) is 0 Å². The molecule has 0 bridgehead atoms. The Morgan fingerprint density at radius 1 is 1.07 bits per heavy atom. The standard InChI is InChI=1S/C22H27N5/c1-25(2)21-18-11-14-27(16-17-9-5-3-6-10-17)20(18)19(15-23)22(24-21)26-12-7-4-8-13-26/h3,5-6,9-10H,4,7-8,11-14,16H2,1-2H3. The SMILES string of the molecule is CN(C)c1nc(N2CCCCC2)c(C#N)c2c1CCN2Cc1ccccc1. The highest BCUT2D eigenvalue weighted by molar-refractivity contribution is 5.80. The van der Waals surface area contributed by atoms with Gasteiger partial charge in [-0.1, -0.05) is 30.3 Å². The molecule has 2 aromatic rings. The van der Waals surface area contributed by atoms with Crippen LogP contribution in [0.5, 0.6) is 0 Å². The summed E-state index contributed by atoms with van der Waals surface area (Å²) in [7, 11) is 4.10. The maximum atomic E-state index is 10.1. The molecule has 2 aliphatic heterocycles. The first-order chi connectivity index (χ1) is 13.2. The molecule has 0 radical (unpaired) electrons. The van der Waals surface area contributed by atoms with Crippen molar-refractivity contribution in [1.82, 2.24) is 4.98 Å². The van der Waals surface area contributed by atoms with Crippen molar-refractivity contribution in [3.05, 3.63) is 47.0 Å². The highest BCUT2D eigenvalue weighted by Gasteiger charge is 2.31. The predicted molar refractivity (Wildman–Crippen MR) is 111 cm³/mol. The third-order valence-corrected chi connectivity index (χ3v) is 5.58. The average molecular weight is 361 g/mol. The first kappa shape index (κ1) is 17.7. The van der Waals surface area contributed by atoms with Crippen molar-refractivity contribution < 1.29 is 0 Å². The van der Waals surface area contributed by atoms with E-state index in [0.29, 0.717) is 0 Å². The maximum Gasteiger partial charge on any atom is 0.151 e. The zero-order chi connectivity index (χ0) is 18.8. The molecule has 27 heavy (non-hydrogen) atoms. The highest BCUT2D eigenvalue weighted by Crippen LogP contribution is 2.42. The van der Waals surface area contributed by atoms with Crippen LogP contribution in [-0.2, 0) is 13.0 Å². The Hall–Kier alpha value is -2.74. The molecule has 0 saturated carbocycles. The molecule has 1 fully saturated rings. The van der Waals surface area contributed by atoms with Gasteiger partial charge in [0, 0.05) is 45.8 Å². The number of benzene rings is 1. The lowest BCUT2D eigenvalue weighted by Crippen LogP contribution is -2.32. The van der Waals surface area contributed by atoms with Crippen LogP contribution in [0.3, 0.4) is 0 Å². The second-order valence-corrected chi connectivity index (χ2v) is 7.67. The zero-order valence-electron chi connectivity index (χ0n) is 16.3. The Morgan fingerprint density at radius 2 is 1.81 bits per heavy atom. The van der Waals surface area contributed by atoms with Crippen molar-refractivity contribution in [1.29, 1.82) is 5.26 Å². The summed E-state index contributed by atoms with van der Waals surface area (Å²) in [6, 6.07) is 13.0. The molecule has 1 saturated heterocycles. The fraction of sp³-hybridized carbons (Fsp3) is 0.455. The fourth-order valence-electron chi connectivity index (χ4n) is 4.29. The molecule has 0 unspecified atom stereocenters. The van der Waals surface area contributed by atoms with Gasteiger partial charge in [0.15, 0.2) is 5.82 Å². The number of hydrogen-bond donors (Lipinski definition) is 0. The maximum absolute atomic E-state index is 10.1. The van der Waals surface area contributed by atoms with E-state index < -0.39 is 0 Å². The lowest BCUT2D eigenvalue weighted by Gasteiger charge is -2.31. The molecule has 1 aromatic heterocycles. The first-order valence-corrected chi connectivity index (χ1v) is 9.87. The first-order valence-electron chi connectivity index (χ1n) is 9.87. The second kappa shape index (κ2) is 7.48.